The Labute approximate surface area is 139 Å². The van der Waals surface area contributed by atoms with E-state index >= 15 is 0 Å². The molecular weight excluding hydrogens is 369 g/mol. The molecule has 5 heteroatoms. The van der Waals surface area contributed by atoms with Crippen LogP contribution in [0.15, 0.2) is 4.99 Å². The third-order valence-electron chi connectivity index (χ3n) is 3.76. The van der Waals surface area contributed by atoms with Crippen molar-refractivity contribution >= 4 is 41.7 Å². The number of hydrogen-bond donors (Lipinski definition) is 2. The first-order chi connectivity index (χ1) is 8.72. The van der Waals surface area contributed by atoms with E-state index in [-0.39, 0.29) is 24.0 Å². The van der Waals surface area contributed by atoms with E-state index in [1.54, 1.807) is 0 Å². The lowest BCUT2D eigenvalue weighted by molar-refractivity contribution is 0.612. The lowest BCUT2D eigenvalue weighted by Crippen LogP contribution is -2.39. The van der Waals surface area contributed by atoms with Crippen LogP contribution in [0.3, 0.4) is 0 Å². The summed E-state index contributed by atoms with van der Waals surface area (Å²) < 4.78 is 0.374. The Balaban J connectivity index is 0.00000180. The maximum atomic E-state index is 4.76. The fraction of sp³-hybridized carbons (Fsp3) is 0.929. The molecule has 0 bridgehead atoms. The number of halogens is 1. The van der Waals surface area contributed by atoms with Gasteiger partial charge in [-0.15, -0.1) is 24.0 Å². The van der Waals surface area contributed by atoms with Gasteiger partial charge in [-0.05, 0) is 44.8 Å². The van der Waals surface area contributed by atoms with E-state index in [0.29, 0.717) is 4.75 Å². The van der Waals surface area contributed by atoms with Gasteiger partial charge in [0.1, 0.15) is 0 Å². The van der Waals surface area contributed by atoms with Crippen molar-refractivity contribution in [2.45, 2.75) is 50.7 Å². The molecule has 19 heavy (non-hydrogen) atoms. The molecule has 112 valence electrons. The van der Waals surface area contributed by atoms with Crippen molar-refractivity contribution in [3.05, 3.63) is 0 Å². The summed E-state index contributed by atoms with van der Waals surface area (Å²) in [6.07, 6.45) is 6.83. The van der Waals surface area contributed by atoms with Gasteiger partial charge in [0.2, 0.25) is 0 Å². The first-order valence-corrected chi connectivity index (χ1v) is 8.36. The number of guanidine groups is 1. The molecule has 2 N–H and O–H groups in total. The highest BCUT2D eigenvalue weighted by Crippen LogP contribution is 2.37. The fourth-order valence-electron chi connectivity index (χ4n) is 2.35. The van der Waals surface area contributed by atoms with E-state index in [1.807, 2.05) is 0 Å². The standard InChI is InChI=1S/C14H27N3S.HI/c1-3-15-13(16-9-7-12-5-6-12)17-11-14(2)8-4-10-18-14;/h12H,3-11H2,1-2H3,(H2,15,16,17);1H. The molecular formula is C14H28IN3S. The largest absolute Gasteiger partial charge is 0.357 e. The molecule has 2 aliphatic rings. The van der Waals surface area contributed by atoms with Crippen LogP contribution in [0.2, 0.25) is 0 Å². The van der Waals surface area contributed by atoms with Crippen LogP contribution >= 0.6 is 35.7 Å². The summed E-state index contributed by atoms with van der Waals surface area (Å²) in [5.41, 5.74) is 0. The zero-order valence-corrected chi connectivity index (χ0v) is 15.4. The zero-order valence-electron chi connectivity index (χ0n) is 12.2. The molecule has 1 heterocycles. The second kappa shape index (κ2) is 8.60. The molecule has 1 saturated heterocycles. The average molecular weight is 397 g/mol. The van der Waals surface area contributed by atoms with Crippen LogP contribution in [-0.2, 0) is 0 Å². The van der Waals surface area contributed by atoms with Crippen molar-refractivity contribution in [3.63, 3.8) is 0 Å². The van der Waals surface area contributed by atoms with Crippen molar-refractivity contribution in [1.82, 2.24) is 10.6 Å². The Morgan fingerprint density at radius 1 is 1.37 bits per heavy atom. The molecule has 0 aromatic rings. The minimum atomic E-state index is 0. The third-order valence-corrected chi connectivity index (χ3v) is 5.28. The minimum Gasteiger partial charge on any atom is -0.357 e. The van der Waals surface area contributed by atoms with Crippen LogP contribution in [0.5, 0.6) is 0 Å². The van der Waals surface area contributed by atoms with E-state index in [2.05, 4.69) is 36.2 Å². The van der Waals surface area contributed by atoms with Crippen LogP contribution < -0.4 is 10.6 Å². The fourth-order valence-corrected chi connectivity index (χ4v) is 3.58. The first-order valence-electron chi connectivity index (χ1n) is 7.38. The predicted molar refractivity (Wildman–Crippen MR) is 96.8 cm³/mol. The molecule has 1 atom stereocenters. The van der Waals surface area contributed by atoms with Gasteiger partial charge in [0.25, 0.3) is 0 Å². The topological polar surface area (TPSA) is 36.4 Å². The molecule has 2 rings (SSSR count). The summed E-state index contributed by atoms with van der Waals surface area (Å²) in [4.78, 5) is 4.76. The van der Waals surface area contributed by atoms with Gasteiger partial charge in [0.15, 0.2) is 5.96 Å². The Morgan fingerprint density at radius 3 is 2.74 bits per heavy atom. The van der Waals surface area contributed by atoms with Crippen LogP contribution in [0.4, 0.5) is 0 Å². The molecule has 0 aromatic carbocycles. The molecule has 1 unspecified atom stereocenters. The quantitative estimate of drug-likeness (QED) is 0.411. The number of aliphatic imine (C=N–C) groups is 1. The van der Waals surface area contributed by atoms with E-state index in [9.17, 15) is 0 Å². The second-order valence-corrected chi connectivity index (χ2v) is 7.44. The maximum Gasteiger partial charge on any atom is 0.191 e. The molecule has 1 saturated carbocycles. The Morgan fingerprint density at radius 2 is 2.16 bits per heavy atom. The number of thioether (sulfide) groups is 1. The Kier molecular flexibility index (Phi) is 7.87. The highest BCUT2D eigenvalue weighted by molar-refractivity contribution is 14.0. The summed E-state index contributed by atoms with van der Waals surface area (Å²) in [5.74, 6) is 3.30. The first kappa shape index (κ1) is 17.4. The van der Waals surface area contributed by atoms with Gasteiger partial charge in [0, 0.05) is 17.8 Å². The summed E-state index contributed by atoms with van der Waals surface area (Å²) in [6, 6.07) is 0. The van der Waals surface area contributed by atoms with Crippen molar-refractivity contribution in [3.8, 4) is 0 Å². The number of nitrogens with one attached hydrogen (secondary N) is 2. The van der Waals surface area contributed by atoms with Crippen LogP contribution in [0.25, 0.3) is 0 Å². The van der Waals surface area contributed by atoms with Crippen molar-refractivity contribution in [2.75, 3.05) is 25.4 Å². The maximum absolute atomic E-state index is 4.76. The van der Waals surface area contributed by atoms with Crippen LogP contribution in [-0.4, -0.2) is 36.1 Å². The van der Waals surface area contributed by atoms with Crippen molar-refractivity contribution in [1.29, 1.82) is 0 Å². The minimum absolute atomic E-state index is 0. The molecule has 2 fully saturated rings. The average Bonchev–Trinajstić information content (AvgIpc) is 3.08. The van der Waals surface area contributed by atoms with Gasteiger partial charge in [-0.2, -0.15) is 11.8 Å². The van der Waals surface area contributed by atoms with E-state index in [0.717, 1.165) is 31.5 Å². The third kappa shape index (κ3) is 6.56. The molecule has 3 nitrogen and oxygen atoms in total. The molecule has 0 radical (unpaired) electrons. The molecule has 0 amide bonds. The van der Waals surface area contributed by atoms with Crippen LogP contribution in [0, 0.1) is 5.92 Å². The van der Waals surface area contributed by atoms with Gasteiger partial charge in [-0.1, -0.05) is 12.8 Å². The van der Waals surface area contributed by atoms with E-state index in [1.165, 1.54) is 37.9 Å². The highest BCUT2D eigenvalue weighted by atomic mass is 127. The lowest BCUT2D eigenvalue weighted by Gasteiger charge is -2.21. The molecule has 0 aromatic heterocycles. The zero-order chi connectivity index (χ0) is 12.8. The number of nitrogens with zero attached hydrogens (tertiary/aromatic N) is 1. The molecule has 1 aliphatic carbocycles. The predicted octanol–water partition coefficient (Wildman–Crippen LogP) is 3.25. The number of hydrogen-bond acceptors (Lipinski definition) is 2. The summed E-state index contributed by atoms with van der Waals surface area (Å²) in [7, 11) is 0. The van der Waals surface area contributed by atoms with Gasteiger partial charge < -0.3 is 10.6 Å². The Hall–Kier alpha value is 0.350. The van der Waals surface area contributed by atoms with Crippen molar-refractivity contribution in [2.24, 2.45) is 10.9 Å². The monoisotopic (exact) mass is 397 g/mol. The molecule has 0 spiro atoms. The summed E-state index contributed by atoms with van der Waals surface area (Å²) >= 11 is 2.08. The smallest absolute Gasteiger partial charge is 0.191 e. The normalized spacial score (nSPS) is 26.9. The second-order valence-electron chi connectivity index (χ2n) is 5.76. The van der Waals surface area contributed by atoms with E-state index < -0.39 is 0 Å². The van der Waals surface area contributed by atoms with Gasteiger partial charge in [0.05, 0.1) is 6.54 Å². The molecule has 1 aliphatic heterocycles. The summed E-state index contributed by atoms with van der Waals surface area (Å²) in [5, 5.41) is 6.81. The highest BCUT2D eigenvalue weighted by Gasteiger charge is 2.29. The summed E-state index contributed by atoms with van der Waals surface area (Å²) in [6.45, 7) is 7.43. The SMILES string of the molecule is CCNC(=NCC1(C)CCCS1)NCCC1CC1.I. The van der Waals surface area contributed by atoms with Crippen LogP contribution in [0.1, 0.15) is 46.0 Å². The van der Waals surface area contributed by atoms with E-state index in [4.69, 9.17) is 4.99 Å². The lowest BCUT2D eigenvalue weighted by atomic mass is 10.1. The number of rotatable bonds is 6. The Bertz CT molecular complexity index is 286. The van der Waals surface area contributed by atoms with Gasteiger partial charge in [-0.3, -0.25) is 4.99 Å². The van der Waals surface area contributed by atoms with Gasteiger partial charge in [-0.25, -0.2) is 0 Å². The van der Waals surface area contributed by atoms with Crippen molar-refractivity contribution < 1.29 is 0 Å². The van der Waals surface area contributed by atoms with Gasteiger partial charge >= 0.3 is 0 Å².